The Morgan fingerprint density at radius 2 is 1.58 bits per heavy atom. The van der Waals surface area contributed by atoms with E-state index in [4.69, 9.17) is 0 Å². The molecule has 1 rings (SSSR count). The van der Waals surface area contributed by atoms with Crippen molar-refractivity contribution in [3.8, 4) is 0 Å². The maximum Gasteiger partial charge on any atom is 0.241 e. The van der Waals surface area contributed by atoms with Gasteiger partial charge in [-0.15, -0.1) is 0 Å². The van der Waals surface area contributed by atoms with E-state index in [2.05, 4.69) is 10.0 Å². The minimum atomic E-state index is -3.46. The summed E-state index contributed by atoms with van der Waals surface area (Å²) in [5, 5.41) is 3.01. The van der Waals surface area contributed by atoms with Gasteiger partial charge in [0.05, 0.1) is 4.90 Å². The predicted molar refractivity (Wildman–Crippen MR) is 79.1 cm³/mol. The summed E-state index contributed by atoms with van der Waals surface area (Å²) in [6.07, 6.45) is 0. The molecule has 0 saturated carbocycles. The Morgan fingerprint density at radius 3 is 2.00 bits per heavy atom. The van der Waals surface area contributed by atoms with Crippen LogP contribution in [-0.4, -0.2) is 28.1 Å². The Kier molecular flexibility index (Phi) is 5.12. The van der Waals surface area contributed by atoms with Crippen molar-refractivity contribution in [2.75, 3.05) is 13.6 Å². The lowest BCUT2D eigenvalue weighted by atomic mass is 10.0. The number of sulfonamides is 1. The minimum absolute atomic E-state index is 0.0984. The number of rotatable bonds is 5. The third-order valence-corrected chi connectivity index (χ3v) is 5.33. The molecule has 1 unspecified atom stereocenters. The molecule has 0 bridgehead atoms. The Bertz CT molecular complexity index is 539. The van der Waals surface area contributed by atoms with E-state index in [0.717, 1.165) is 22.3 Å². The van der Waals surface area contributed by atoms with Crippen LogP contribution in [0.4, 0.5) is 0 Å². The van der Waals surface area contributed by atoms with Crippen molar-refractivity contribution in [1.29, 1.82) is 0 Å². The van der Waals surface area contributed by atoms with Gasteiger partial charge in [0.1, 0.15) is 0 Å². The lowest BCUT2D eigenvalue weighted by Crippen LogP contribution is -2.37. The van der Waals surface area contributed by atoms with Gasteiger partial charge >= 0.3 is 0 Å². The van der Waals surface area contributed by atoms with E-state index in [-0.39, 0.29) is 6.04 Å². The minimum Gasteiger partial charge on any atom is -0.316 e. The van der Waals surface area contributed by atoms with Crippen molar-refractivity contribution in [3.05, 3.63) is 28.3 Å². The third kappa shape index (κ3) is 3.55. The Labute approximate surface area is 116 Å². The SMILES string of the molecule is CNC(C)CNS(=O)(=O)c1c(C)c(C)cc(C)c1C. The number of hydrogen-bond acceptors (Lipinski definition) is 3. The first-order valence-electron chi connectivity index (χ1n) is 6.45. The standard InChI is InChI=1S/C14H24N2O2S/c1-9-7-10(2)13(5)14(12(9)4)19(17,18)16-8-11(3)15-6/h7,11,15-16H,8H2,1-6H3. The molecule has 2 N–H and O–H groups in total. The molecule has 0 spiro atoms. The van der Waals surface area contributed by atoms with E-state index < -0.39 is 10.0 Å². The summed E-state index contributed by atoms with van der Waals surface area (Å²) in [4.78, 5) is 0.424. The fourth-order valence-electron chi connectivity index (χ4n) is 1.99. The molecule has 19 heavy (non-hydrogen) atoms. The summed E-state index contributed by atoms with van der Waals surface area (Å²) in [5.41, 5.74) is 3.66. The molecule has 0 heterocycles. The van der Waals surface area contributed by atoms with Crippen molar-refractivity contribution < 1.29 is 8.42 Å². The van der Waals surface area contributed by atoms with Crippen molar-refractivity contribution in [2.45, 2.75) is 45.6 Å². The molecule has 0 aromatic heterocycles. The summed E-state index contributed by atoms with van der Waals surface area (Å²) in [6, 6.07) is 2.13. The molecule has 0 aliphatic heterocycles. The lowest BCUT2D eigenvalue weighted by Gasteiger charge is -2.17. The lowest BCUT2D eigenvalue weighted by molar-refractivity contribution is 0.553. The third-order valence-electron chi connectivity index (χ3n) is 3.64. The van der Waals surface area contributed by atoms with Crippen molar-refractivity contribution >= 4 is 10.0 Å². The molecule has 0 aliphatic carbocycles. The number of hydrogen-bond donors (Lipinski definition) is 2. The number of aryl methyl sites for hydroxylation is 2. The van der Waals surface area contributed by atoms with Gasteiger partial charge in [0.15, 0.2) is 0 Å². The molecular formula is C14H24N2O2S. The number of benzene rings is 1. The Hall–Kier alpha value is -0.910. The van der Waals surface area contributed by atoms with Crippen LogP contribution in [0.15, 0.2) is 11.0 Å². The van der Waals surface area contributed by atoms with E-state index in [1.807, 2.05) is 47.7 Å². The van der Waals surface area contributed by atoms with Crippen LogP contribution in [0.5, 0.6) is 0 Å². The molecule has 1 aromatic carbocycles. The largest absolute Gasteiger partial charge is 0.316 e. The predicted octanol–water partition coefficient (Wildman–Crippen LogP) is 1.81. The van der Waals surface area contributed by atoms with Crippen LogP contribution in [0.25, 0.3) is 0 Å². The summed E-state index contributed by atoms with van der Waals surface area (Å²) >= 11 is 0. The van der Waals surface area contributed by atoms with Crippen molar-refractivity contribution in [2.24, 2.45) is 0 Å². The van der Waals surface area contributed by atoms with E-state index in [1.54, 1.807) is 0 Å². The highest BCUT2D eigenvalue weighted by Crippen LogP contribution is 2.25. The van der Waals surface area contributed by atoms with Crippen molar-refractivity contribution in [3.63, 3.8) is 0 Å². The van der Waals surface area contributed by atoms with Gasteiger partial charge in [-0.3, -0.25) is 0 Å². The summed E-state index contributed by atoms with van der Waals surface area (Å²) < 4.78 is 27.6. The van der Waals surface area contributed by atoms with E-state index >= 15 is 0 Å². The molecule has 5 heteroatoms. The molecule has 1 aromatic rings. The van der Waals surface area contributed by atoms with Gasteiger partial charge in [0.25, 0.3) is 0 Å². The second-order valence-corrected chi connectivity index (χ2v) is 6.83. The first-order valence-corrected chi connectivity index (χ1v) is 7.93. The Balaban J connectivity index is 3.22. The molecule has 108 valence electrons. The monoisotopic (exact) mass is 284 g/mol. The molecule has 4 nitrogen and oxygen atoms in total. The molecule has 0 aliphatic rings. The first kappa shape index (κ1) is 16.1. The van der Waals surface area contributed by atoms with E-state index in [1.165, 1.54) is 0 Å². The normalized spacial score (nSPS) is 13.6. The fourth-order valence-corrected chi connectivity index (χ4v) is 3.73. The highest BCUT2D eigenvalue weighted by Gasteiger charge is 2.22. The second kappa shape index (κ2) is 6.03. The fraction of sp³-hybridized carbons (Fsp3) is 0.571. The van der Waals surface area contributed by atoms with E-state index in [9.17, 15) is 8.42 Å². The molecule has 0 fully saturated rings. The zero-order valence-corrected chi connectivity index (χ0v) is 13.4. The van der Waals surface area contributed by atoms with Crippen LogP contribution in [0.1, 0.15) is 29.2 Å². The molecule has 0 radical (unpaired) electrons. The summed E-state index contributed by atoms with van der Waals surface area (Å²) in [6.45, 7) is 9.91. The molecule has 0 saturated heterocycles. The zero-order chi connectivity index (χ0) is 14.8. The van der Waals surface area contributed by atoms with Crippen LogP contribution >= 0.6 is 0 Å². The van der Waals surface area contributed by atoms with Gasteiger partial charge in [-0.25, -0.2) is 13.1 Å². The average molecular weight is 284 g/mol. The summed E-state index contributed by atoms with van der Waals surface area (Å²) in [5.74, 6) is 0. The van der Waals surface area contributed by atoms with Gasteiger partial charge in [-0.05, 0) is 63.9 Å². The highest BCUT2D eigenvalue weighted by molar-refractivity contribution is 7.89. The van der Waals surface area contributed by atoms with Gasteiger partial charge in [-0.2, -0.15) is 0 Å². The number of nitrogens with one attached hydrogen (secondary N) is 2. The number of likely N-dealkylation sites (N-methyl/N-ethyl adjacent to an activating group) is 1. The quantitative estimate of drug-likeness (QED) is 0.867. The topological polar surface area (TPSA) is 58.2 Å². The van der Waals surface area contributed by atoms with Crippen molar-refractivity contribution in [1.82, 2.24) is 10.0 Å². The van der Waals surface area contributed by atoms with Crippen LogP contribution in [0.2, 0.25) is 0 Å². The van der Waals surface area contributed by atoms with Crippen LogP contribution in [-0.2, 0) is 10.0 Å². The maximum atomic E-state index is 12.5. The smallest absolute Gasteiger partial charge is 0.241 e. The summed E-state index contributed by atoms with van der Waals surface area (Å²) in [7, 11) is -1.65. The highest BCUT2D eigenvalue weighted by atomic mass is 32.2. The average Bonchev–Trinajstić information content (AvgIpc) is 2.33. The van der Waals surface area contributed by atoms with Crippen LogP contribution < -0.4 is 10.0 Å². The molecule has 0 amide bonds. The van der Waals surface area contributed by atoms with Crippen LogP contribution in [0, 0.1) is 27.7 Å². The second-order valence-electron chi connectivity index (χ2n) is 5.13. The zero-order valence-electron chi connectivity index (χ0n) is 12.6. The van der Waals surface area contributed by atoms with Gasteiger partial charge < -0.3 is 5.32 Å². The van der Waals surface area contributed by atoms with Gasteiger partial charge in [-0.1, -0.05) is 6.07 Å². The maximum absolute atomic E-state index is 12.5. The van der Waals surface area contributed by atoms with Crippen LogP contribution in [0.3, 0.4) is 0 Å². The molecule has 1 atom stereocenters. The first-order chi connectivity index (χ1) is 8.70. The van der Waals surface area contributed by atoms with Gasteiger partial charge in [0, 0.05) is 12.6 Å². The van der Waals surface area contributed by atoms with Gasteiger partial charge in [0.2, 0.25) is 10.0 Å². The van der Waals surface area contributed by atoms with E-state index in [0.29, 0.717) is 11.4 Å². The Morgan fingerprint density at radius 1 is 1.11 bits per heavy atom. The molecular weight excluding hydrogens is 260 g/mol.